The molecule has 0 aliphatic carbocycles. The summed E-state index contributed by atoms with van der Waals surface area (Å²) in [5.41, 5.74) is 4.98. The maximum absolute atomic E-state index is 12.3. The maximum Gasteiger partial charge on any atom is 0.248 e. The highest BCUT2D eigenvalue weighted by Gasteiger charge is 2.07. The molecule has 4 rings (SSSR count). The number of thiazole rings is 1. The van der Waals surface area contributed by atoms with Crippen molar-refractivity contribution in [2.24, 2.45) is 0 Å². The zero-order valence-corrected chi connectivity index (χ0v) is 19.1. The topological polar surface area (TPSA) is 51.2 Å². The molecule has 1 heterocycles. The van der Waals surface area contributed by atoms with Crippen LogP contribution in [0.1, 0.15) is 30.9 Å². The first-order valence-corrected chi connectivity index (χ1v) is 11.6. The fraction of sp³-hybridized carbons (Fsp3) is 0.185. The number of aryl methyl sites for hydroxylation is 1. The minimum atomic E-state index is -0.170. The van der Waals surface area contributed by atoms with Gasteiger partial charge in [-0.1, -0.05) is 31.5 Å². The van der Waals surface area contributed by atoms with Gasteiger partial charge in [-0.2, -0.15) is 0 Å². The van der Waals surface area contributed by atoms with E-state index in [-0.39, 0.29) is 5.91 Å². The first kappa shape index (κ1) is 21.8. The number of aromatic nitrogens is 1. The summed E-state index contributed by atoms with van der Waals surface area (Å²) in [7, 11) is 0. The van der Waals surface area contributed by atoms with Gasteiger partial charge in [0, 0.05) is 17.3 Å². The molecule has 0 saturated carbocycles. The van der Waals surface area contributed by atoms with E-state index < -0.39 is 0 Å². The van der Waals surface area contributed by atoms with Crippen molar-refractivity contribution in [2.75, 3.05) is 11.9 Å². The van der Waals surface area contributed by atoms with Crippen LogP contribution in [0.5, 0.6) is 5.75 Å². The van der Waals surface area contributed by atoms with Crippen LogP contribution in [-0.4, -0.2) is 17.5 Å². The van der Waals surface area contributed by atoms with Crippen LogP contribution in [0.25, 0.3) is 26.9 Å². The van der Waals surface area contributed by atoms with Crippen LogP contribution in [0.15, 0.2) is 72.8 Å². The van der Waals surface area contributed by atoms with E-state index in [4.69, 9.17) is 9.72 Å². The number of hydrogen-bond donors (Lipinski definition) is 1. The third kappa shape index (κ3) is 5.62. The number of nitrogens with zero attached hydrogens (tertiary/aromatic N) is 1. The van der Waals surface area contributed by atoms with Gasteiger partial charge in [-0.3, -0.25) is 4.79 Å². The van der Waals surface area contributed by atoms with Crippen LogP contribution in [0.3, 0.4) is 0 Å². The molecule has 0 spiro atoms. The molecule has 4 nitrogen and oxygen atoms in total. The first-order valence-electron chi connectivity index (χ1n) is 10.8. The molecular formula is C27H26N2O2S. The first-order chi connectivity index (χ1) is 15.6. The van der Waals surface area contributed by atoms with Crippen molar-refractivity contribution in [3.05, 3.63) is 83.9 Å². The number of anilines is 1. The predicted octanol–water partition coefficient (Wildman–Crippen LogP) is 7.10. The summed E-state index contributed by atoms with van der Waals surface area (Å²) < 4.78 is 6.85. The van der Waals surface area contributed by atoms with Gasteiger partial charge >= 0.3 is 0 Å². The van der Waals surface area contributed by atoms with Crippen LogP contribution in [0, 0.1) is 6.92 Å². The van der Waals surface area contributed by atoms with E-state index in [1.165, 1.54) is 16.3 Å². The van der Waals surface area contributed by atoms with E-state index in [1.807, 2.05) is 48.5 Å². The van der Waals surface area contributed by atoms with Crippen LogP contribution in [-0.2, 0) is 4.79 Å². The van der Waals surface area contributed by atoms with Crippen molar-refractivity contribution >= 4 is 39.2 Å². The second kappa shape index (κ2) is 10.2. The molecule has 0 fully saturated rings. The number of hydrogen-bond acceptors (Lipinski definition) is 4. The Kier molecular flexibility index (Phi) is 6.97. The maximum atomic E-state index is 12.3. The molecule has 0 unspecified atom stereocenters. The van der Waals surface area contributed by atoms with Gasteiger partial charge in [0.05, 0.1) is 16.8 Å². The molecule has 0 atom stereocenters. The molecule has 0 bridgehead atoms. The number of ether oxygens (including phenoxy) is 1. The number of carbonyl (C=O) groups is 1. The highest BCUT2D eigenvalue weighted by molar-refractivity contribution is 7.21. The summed E-state index contributed by atoms with van der Waals surface area (Å²) in [6, 6.07) is 21.8. The molecule has 1 N–H and O–H groups in total. The number of fused-ring (bicyclic) bond motifs is 1. The Morgan fingerprint density at radius 3 is 2.59 bits per heavy atom. The van der Waals surface area contributed by atoms with E-state index in [1.54, 1.807) is 17.4 Å². The molecular weight excluding hydrogens is 416 g/mol. The lowest BCUT2D eigenvalue weighted by atomic mass is 10.2. The Bertz CT molecular complexity index is 1220. The standard InChI is InChI=1S/C27H26N2O2S/c1-3-4-17-31-23-13-6-20(7-14-23)8-16-26(30)28-22-11-9-21(10-12-22)27-29-24-15-5-19(2)18-25(24)32-27/h5-16,18H,3-4,17H2,1-2H3,(H,28,30). The minimum absolute atomic E-state index is 0.170. The summed E-state index contributed by atoms with van der Waals surface area (Å²) in [6.45, 7) is 4.95. The average molecular weight is 443 g/mol. The third-order valence-corrected chi connectivity index (χ3v) is 6.08. The van der Waals surface area contributed by atoms with Crippen LogP contribution >= 0.6 is 11.3 Å². The highest BCUT2D eigenvalue weighted by Crippen LogP contribution is 2.31. The molecule has 4 aromatic rings. The van der Waals surface area contributed by atoms with Gasteiger partial charge in [0.2, 0.25) is 5.91 Å². The monoisotopic (exact) mass is 442 g/mol. The molecule has 1 amide bonds. The summed E-state index contributed by atoms with van der Waals surface area (Å²) in [5, 5.41) is 3.88. The van der Waals surface area contributed by atoms with E-state index >= 15 is 0 Å². The van der Waals surface area contributed by atoms with E-state index in [9.17, 15) is 4.79 Å². The lowest BCUT2D eigenvalue weighted by Gasteiger charge is -2.05. The van der Waals surface area contributed by atoms with Gasteiger partial charge in [0.1, 0.15) is 10.8 Å². The zero-order valence-electron chi connectivity index (χ0n) is 18.3. The molecule has 1 aromatic heterocycles. The Morgan fingerprint density at radius 2 is 1.84 bits per heavy atom. The summed E-state index contributed by atoms with van der Waals surface area (Å²) in [5.74, 6) is 0.680. The van der Waals surface area contributed by atoms with Crippen molar-refractivity contribution < 1.29 is 9.53 Å². The normalized spacial score (nSPS) is 11.2. The van der Waals surface area contributed by atoms with Crippen molar-refractivity contribution in [2.45, 2.75) is 26.7 Å². The number of benzene rings is 3. The number of nitrogens with one attached hydrogen (secondary N) is 1. The smallest absolute Gasteiger partial charge is 0.248 e. The van der Waals surface area contributed by atoms with Crippen LogP contribution < -0.4 is 10.1 Å². The Hall–Kier alpha value is -3.44. The van der Waals surface area contributed by atoms with Crippen molar-refractivity contribution in [1.82, 2.24) is 4.98 Å². The van der Waals surface area contributed by atoms with Crippen molar-refractivity contribution in [3.63, 3.8) is 0 Å². The second-order valence-corrected chi connectivity index (χ2v) is 8.69. The fourth-order valence-corrected chi connectivity index (χ4v) is 4.29. The number of unbranched alkanes of at least 4 members (excludes halogenated alkanes) is 1. The molecule has 0 radical (unpaired) electrons. The minimum Gasteiger partial charge on any atom is -0.494 e. The Labute approximate surface area is 192 Å². The van der Waals surface area contributed by atoms with Gasteiger partial charge in [-0.15, -0.1) is 11.3 Å². The highest BCUT2D eigenvalue weighted by atomic mass is 32.1. The number of rotatable bonds is 8. The lowest BCUT2D eigenvalue weighted by molar-refractivity contribution is -0.111. The van der Waals surface area contributed by atoms with Gasteiger partial charge in [0.25, 0.3) is 0 Å². The van der Waals surface area contributed by atoms with Crippen molar-refractivity contribution in [1.29, 1.82) is 0 Å². The Morgan fingerprint density at radius 1 is 1.06 bits per heavy atom. The molecule has 3 aromatic carbocycles. The van der Waals surface area contributed by atoms with Crippen LogP contribution in [0.2, 0.25) is 0 Å². The van der Waals surface area contributed by atoms with Gasteiger partial charge < -0.3 is 10.1 Å². The van der Waals surface area contributed by atoms with Crippen molar-refractivity contribution in [3.8, 4) is 16.3 Å². The third-order valence-electron chi connectivity index (χ3n) is 5.02. The van der Waals surface area contributed by atoms with E-state index in [0.29, 0.717) is 0 Å². The molecule has 0 aliphatic rings. The summed E-state index contributed by atoms with van der Waals surface area (Å²) in [6.07, 6.45) is 5.49. The SMILES string of the molecule is CCCCOc1ccc(C=CC(=O)Nc2ccc(-c3nc4ccc(C)cc4s3)cc2)cc1. The molecule has 32 heavy (non-hydrogen) atoms. The van der Waals surface area contributed by atoms with E-state index in [0.717, 1.165) is 52.5 Å². The van der Waals surface area contributed by atoms with E-state index in [2.05, 4.69) is 37.4 Å². The lowest BCUT2D eigenvalue weighted by Crippen LogP contribution is -2.07. The predicted molar refractivity (Wildman–Crippen MR) is 134 cm³/mol. The fourth-order valence-electron chi connectivity index (χ4n) is 3.22. The zero-order chi connectivity index (χ0) is 22.3. The van der Waals surface area contributed by atoms with Crippen LogP contribution in [0.4, 0.5) is 5.69 Å². The Balaban J connectivity index is 1.35. The average Bonchev–Trinajstić information content (AvgIpc) is 3.22. The molecule has 162 valence electrons. The largest absolute Gasteiger partial charge is 0.494 e. The summed E-state index contributed by atoms with van der Waals surface area (Å²) >= 11 is 1.68. The van der Waals surface area contributed by atoms with Gasteiger partial charge in [0.15, 0.2) is 0 Å². The number of carbonyl (C=O) groups excluding carboxylic acids is 1. The van der Waals surface area contributed by atoms with Gasteiger partial charge in [-0.05, 0) is 79.1 Å². The quantitative estimate of drug-likeness (QED) is 0.234. The number of amides is 1. The van der Waals surface area contributed by atoms with Gasteiger partial charge in [-0.25, -0.2) is 4.98 Å². The summed E-state index contributed by atoms with van der Waals surface area (Å²) in [4.78, 5) is 17.0. The molecule has 0 aliphatic heterocycles. The molecule has 5 heteroatoms. The molecule has 0 saturated heterocycles. The second-order valence-electron chi connectivity index (χ2n) is 7.66.